The highest BCUT2D eigenvalue weighted by molar-refractivity contribution is 5.71. The van der Waals surface area contributed by atoms with Gasteiger partial charge in [0.2, 0.25) is 0 Å². The minimum Gasteiger partial charge on any atom is -0.462 e. The zero-order valence-electron chi connectivity index (χ0n) is 42.2. The summed E-state index contributed by atoms with van der Waals surface area (Å²) in [5.74, 6) is -1.03. The van der Waals surface area contributed by atoms with Gasteiger partial charge in [-0.2, -0.15) is 0 Å². The van der Waals surface area contributed by atoms with Crippen LogP contribution in [0.4, 0.5) is 0 Å². The molecule has 0 aromatic heterocycles. The van der Waals surface area contributed by atoms with Crippen LogP contribution in [0.2, 0.25) is 0 Å². The van der Waals surface area contributed by atoms with E-state index in [1.54, 1.807) is 0 Å². The van der Waals surface area contributed by atoms with Crippen molar-refractivity contribution in [3.63, 3.8) is 0 Å². The van der Waals surface area contributed by atoms with Gasteiger partial charge in [0.25, 0.3) is 0 Å². The lowest BCUT2D eigenvalue weighted by atomic mass is 10.0. The maximum atomic E-state index is 12.8. The van der Waals surface area contributed by atoms with Crippen LogP contribution >= 0.6 is 0 Å². The molecule has 0 spiro atoms. The normalized spacial score (nSPS) is 12.8. The third-order valence-corrected chi connectivity index (χ3v) is 11.1. The van der Waals surface area contributed by atoms with Crippen molar-refractivity contribution < 1.29 is 28.6 Å². The first-order valence-corrected chi connectivity index (χ1v) is 26.8. The maximum absolute atomic E-state index is 12.8. The van der Waals surface area contributed by atoms with Crippen LogP contribution in [0, 0.1) is 0 Å². The Morgan fingerprint density at radius 1 is 0.338 bits per heavy atom. The van der Waals surface area contributed by atoms with Crippen LogP contribution in [0.1, 0.15) is 239 Å². The number of hydrogen-bond donors (Lipinski definition) is 0. The van der Waals surface area contributed by atoms with E-state index in [2.05, 4.69) is 106 Å². The second-order valence-corrected chi connectivity index (χ2v) is 17.4. The molecule has 0 aliphatic rings. The standard InChI is InChI=1S/C59H98O6/c1-4-7-10-13-16-19-22-25-27-29-30-31-33-34-37-40-43-46-49-52-58(61)64-55-56(54-63-57(60)51-48-45-42-39-36-24-21-18-15-12-9-6-3)65-59(62)53-50-47-44-41-38-35-32-28-26-23-20-17-14-11-8-5-2/h7,10,16,19,25,27-28,30-32,34-35,37-38,43,46,56H,4-6,8-9,11-15,17-18,20-24,26,29,33,36,39-42,44-45,47-55H2,1-3H3/b10-7-,19-16-,27-25-,31-30-,32-28-,37-34-,38-35-,46-43-. The molecule has 0 radical (unpaired) electrons. The Balaban J connectivity index is 4.54. The summed E-state index contributed by atoms with van der Waals surface area (Å²) in [5.41, 5.74) is 0. The molecule has 0 N–H and O–H groups in total. The average Bonchev–Trinajstić information content (AvgIpc) is 3.30. The third-order valence-electron chi connectivity index (χ3n) is 11.1. The van der Waals surface area contributed by atoms with Gasteiger partial charge in [0.1, 0.15) is 13.2 Å². The number of esters is 3. The average molecular weight is 903 g/mol. The van der Waals surface area contributed by atoms with Crippen LogP contribution in [0.25, 0.3) is 0 Å². The fraction of sp³-hybridized carbons (Fsp3) is 0.678. The van der Waals surface area contributed by atoms with Gasteiger partial charge in [0.05, 0.1) is 0 Å². The Bertz CT molecular complexity index is 1310. The SMILES string of the molecule is CC/C=C\C/C=C\C/C=C\C/C=C\C/C=C\C/C=C\CCC(=O)OCC(COC(=O)CCCCCCCCCCCCCC)OC(=O)CCCCC/C=C\C=C/CCCCCCCCC. The van der Waals surface area contributed by atoms with Crippen LogP contribution in [-0.4, -0.2) is 37.2 Å². The van der Waals surface area contributed by atoms with Crippen molar-refractivity contribution in [2.24, 2.45) is 0 Å². The predicted octanol–water partition coefficient (Wildman–Crippen LogP) is 17.8. The lowest BCUT2D eigenvalue weighted by Gasteiger charge is -2.18. The molecule has 370 valence electrons. The molecule has 65 heavy (non-hydrogen) atoms. The van der Waals surface area contributed by atoms with E-state index < -0.39 is 6.10 Å². The van der Waals surface area contributed by atoms with Crippen molar-refractivity contribution in [2.75, 3.05) is 13.2 Å². The molecule has 0 heterocycles. The second-order valence-electron chi connectivity index (χ2n) is 17.4. The maximum Gasteiger partial charge on any atom is 0.306 e. The summed E-state index contributed by atoms with van der Waals surface area (Å²) in [4.78, 5) is 38.0. The van der Waals surface area contributed by atoms with Crippen LogP contribution < -0.4 is 0 Å². The Labute approximate surface area is 400 Å². The highest BCUT2D eigenvalue weighted by Crippen LogP contribution is 2.14. The molecule has 6 heteroatoms. The van der Waals surface area contributed by atoms with Gasteiger partial charge in [-0.05, 0) is 83.5 Å². The van der Waals surface area contributed by atoms with E-state index in [1.807, 2.05) is 12.2 Å². The highest BCUT2D eigenvalue weighted by atomic mass is 16.6. The van der Waals surface area contributed by atoms with Crippen molar-refractivity contribution in [1.82, 2.24) is 0 Å². The first kappa shape index (κ1) is 61.3. The van der Waals surface area contributed by atoms with E-state index in [-0.39, 0.29) is 44.0 Å². The van der Waals surface area contributed by atoms with E-state index in [0.29, 0.717) is 12.8 Å². The van der Waals surface area contributed by atoms with E-state index >= 15 is 0 Å². The van der Waals surface area contributed by atoms with Gasteiger partial charge in [0.15, 0.2) is 6.10 Å². The summed E-state index contributed by atoms with van der Waals surface area (Å²) in [6.45, 7) is 6.42. The summed E-state index contributed by atoms with van der Waals surface area (Å²) in [7, 11) is 0. The zero-order chi connectivity index (χ0) is 47.2. The van der Waals surface area contributed by atoms with Gasteiger partial charge in [-0.25, -0.2) is 0 Å². The lowest BCUT2D eigenvalue weighted by molar-refractivity contribution is -0.166. The molecule has 6 nitrogen and oxygen atoms in total. The molecule has 1 atom stereocenters. The van der Waals surface area contributed by atoms with Gasteiger partial charge in [-0.15, -0.1) is 0 Å². The predicted molar refractivity (Wildman–Crippen MR) is 279 cm³/mol. The molecule has 0 aromatic carbocycles. The number of ether oxygens (including phenoxy) is 3. The van der Waals surface area contributed by atoms with Crippen LogP contribution in [-0.2, 0) is 28.6 Å². The van der Waals surface area contributed by atoms with Gasteiger partial charge in [-0.3, -0.25) is 14.4 Å². The third kappa shape index (κ3) is 51.2. The first-order chi connectivity index (χ1) is 32.0. The first-order valence-electron chi connectivity index (χ1n) is 26.8. The summed E-state index contributed by atoms with van der Waals surface area (Å²) in [5, 5.41) is 0. The fourth-order valence-corrected chi connectivity index (χ4v) is 7.11. The molecule has 0 rings (SSSR count). The van der Waals surface area contributed by atoms with Gasteiger partial charge < -0.3 is 14.2 Å². The van der Waals surface area contributed by atoms with Crippen LogP contribution in [0.15, 0.2) is 97.2 Å². The fourth-order valence-electron chi connectivity index (χ4n) is 7.11. The molecule has 0 aromatic rings. The van der Waals surface area contributed by atoms with Crippen molar-refractivity contribution in [3.05, 3.63) is 97.2 Å². The molecule has 0 bridgehead atoms. The molecule has 0 amide bonds. The second kappa shape index (κ2) is 52.9. The smallest absolute Gasteiger partial charge is 0.306 e. The number of rotatable bonds is 47. The Morgan fingerprint density at radius 3 is 1.11 bits per heavy atom. The summed E-state index contributed by atoms with van der Waals surface area (Å²) in [6, 6.07) is 0. The zero-order valence-corrected chi connectivity index (χ0v) is 42.2. The number of carbonyl (C=O) groups is 3. The largest absolute Gasteiger partial charge is 0.462 e. The molecule has 1 unspecified atom stereocenters. The number of allylic oxidation sites excluding steroid dienone is 16. The van der Waals surface area contributed by atoms with Gasteiger partial charge in [0, 0.05) is 19.3 Å². The van der Waals surface area contributed by atoms with Crippen molar-refractivity contribution in [1.29, 1.82) is 0 Å². The molecule has 0 saturated heterocycles. The number of carbonyl (C=O) groups excluding carboxylic acids is 3. The topological polar surface area (TPSA) is 78.9 Å². The van der Waals surface area contributed by atoms with Crippen LogP contribution in [0.3, 0.4) is 0 Å². The molecule has 0 saturated carbocycles. The van der Waals surface area contributed by atoms with E-state index in [9.17, 15) is 14.4 Å². The van der Waals surface area contributed by atoms with Crippen molar-refractivity contribution in [3.8, 4) is 0 Å². The minimum atomic E-state index is -0.820. The van der Waals surface area contributed by atoms with Gasteiger partial charge >= 0.3 is 17.9 Å². The Kier molecular flexibility index (Phi) is 50.0. The summed E-state index contributed by atoms with van der Waals surface area (Å²) < 4.78 is 16.7. The molecular formula is C59H98O6. The van der Waals surface area contributed by atoms with Crippen LogP contribution in [0.5, 0.6) is 0 Å². The Morgan fingerprint density at radius 2 is 0.677 bits per heavy atom. The van der Waals surface area contributed by atoms with E-state index in [4.69, 9.17) is 14.2 Å². The van der Waals surface area contributed by atoms with Crippen molar-refractivity contribution in [2.45, 2.75) is 245 Å². The molecule has 0 aliphatic carbocycles. The van der Waals surface area contributed by atoms with E-state index in [1.165, 1.54) is 103 Å². The quantitative estimate of drug-likeness (QED) is 0.0199. The van der Waals surface area contributed by atoms with Gasteiger partial charge in [-0.1, -0.05) is 234 Å². The number of unbranched alkanes of at least 4 members (excludes halogenated alkanes) is 21. The Hall–Kier alpha value is -3.67. The minimum absolute atomic E-state index is 0.111. The molecule has 0 aliphatic heterocycles. The van der Waals surface area contributed by atoms with Crippen molar-refractivity contribution >= 4 is 17.9 Å². The monoisotopic (exact) mass is 903 g/mol. The lowest BCUT2D eigenvalue weighted by Crippen LogP contribution is -2.30. The van der Waals surface area contributed by atoms with E-state index in [0.717, 1.165) is 89.9 Å². The molecular weight excluding hydrogens is 805 g/mol. The number of hydrogen-bond acceptors (Lipinski definition) is 6. The molecule has 0 fully saturated rings. The summed E-state index contributed by atoms with van der Waals surface area (Å²) >= 11 is 0. The summed E-state index contributed by atoms with van der Waals surface area (Å²) in [6.07, 6.45) is 69.8. The highest BCUT2D eigenvalue weighted by Gasteiger charge is 2.19.